The van der Waals surface area contributed by atoms with E-state index in [4.69, 9.17) is 14.6 Å². The zero-order chi connectivity index (χ0) is 16.6. The van der Waals surface area contributed by atoms with Gasteiger partial charge in [-0.3, -0.25) is 0 Å². The van der Waals surface area contributed by atoms with E-state index in [9.17, 15) is 20.4 Å². The second kappa shape index (κ2) is 6.31. The number of aromatic hydroxyl groups is 1. The molecule has 2 aromatic carbocycles. The van der Waals surface area contributed by atoms with Crippen LogP contribution in [0.3, 0.4) is 0 Å². The SMILES string of the molecule is OC[C@H]1OC(Oc2cc3ccccc3cc2O)[C@H](O)[C@@H](O)[C@@H]1O. The monoisotopic (exact) mass is 322 g/mol. The first kappa shape index (κ1) is 16.0. The topological polar surface area (TPSA) is 120 Å². The van der Waals surface area contributed by atoms with Crippen molar-refractivity contribution in [2.75, 3.05) is 6.61 Å². The second-order valence-corrected chi connectivity index (χ2v) is 5.48. The van der Waals surface area contributed by atoms with Crippen LogP contribution in [0.15, 0.2) is 36.4 Å². The van der Waals surface area contributed by atoms with Crippen molar-refractivity contribution in [3.8, 4) is 11.5 Å². The molecule has 23 heavy (non-hydrogen) atoms. The Morgan fingerprint density at radius 3 is 2.26 bits per heavy atom. The first-order chi connectivity index (χ1) is 11.0. The van der Waals surface area contributed by atoms with Gasteiger partial charge in [0, 0.05) is 0 Å². The summed E-state index contributed by atoms with van der Waals surface area (Å²) in [6, 6.07) is 10.4. The van der Waals surface area contributed by atoms with Gasteiger partial charge in [-0.25, -0.2) is 0 Å². The maximum absolute atomic E-state index is 10.0. The van der Waals surface area contributed by atoms with Gasteiger partial charge in [-0.2, -0.15) is 0 Å². The van der Waals surface area contributed by atoms with E-state index >= 15 is 0 Å². The Balaban J connectivity index is 1.87. The number of aliphatic hydroxyl groups excluding tert-OH is 4. The Hall–Kier alpha value is -1.90. The summed E-state index contributed by atoms with van der Waals surface area (Å²) in [4.78, 5) is 0. The van der Waals surface area contributed by atoms with Crippen LogP contribution in [-0.4, -0.2) is 62.8 Å². The highest BCUT2D eigenvalue weighted by atomic mass is 16.7. The fourth-order valence-corrected chi connectivity index (χ4v) is 2.59. The minimum atomic E-state index is -1.53. The number of aliphatic hydroxyl groups is 4. The van der Waals surface area contributed by atoms with Gasteiger partial charge >= 0.3 is 0 Å². The van der Waals surface area contributed by atoms with Gasteiger partial charge in [0.1, 0.15) is 24.4 Å². The standard InChI is InChI=1S/C16H18O7/c17-7-12-13(19)14(20)15(21)16(23-12)22-11-6-9-4-2-1-3-8(9)5-10(11)18/h1-6,12-21H,7H2/t12-,13-,14+,15-,16?/m1/s1. The van der Waals surface area contributed by atoms with E-state index in [0.717, 1.165) is 10.8 Å². The highest BCUT2D eigenvalue weighted by Crippen LogP contribution is 2.34. The van der Waals surface area contributed by atoms with Crippen molar-refractivity contribution in [3.05, 3.63) is 36.4 Å². The number of phenolic OH excluding ortho intramolecular Hbond substituents is 1. The van der Waals surface area contributed by atoms with Crippen LogP contribution in [0.5, 0.6) is 11.5 Å². The maximum Gasteiger partial charge on any atom is 0.229 e. The van der Waals surface area contributed by atoms with E-state index in [1.54, 1.807) is 6.07 Å². The van der Waals surface area contributed by atoms with Crippen LogP contribution in [0.1, 0.15) is 0 Å². The predicted octanol–water partition coefficient (Wildman–Crippen LogP) is -0.276. The van der Waals surface area contributed by atoms with Gasteiger partial charge in [-0.1, -0.05) is 24.3 Å². The molecule has 0 aliphatic carbocycles. The summed E-state index contributed by atoms with van der Waals surface area (Å²) in [6.45, 7) is -0.547. The van der Waals surface area contributed by atoms with Crippen LogP contribution in [-0.2, 0) is 4.74 Å². The molecule has 0 spiro atoms. The molecule has 3 rings (SSSR count). The van der Waals surface area contributed by atoms with E-state index in [0.29, 0.717) is 0 Å². The van der Waals surface area contributed by atoms with Crippen molar-refractivity contribution < 1.29 is 35.0 Å². The summed E-state index contributed by atoms with van der Waals surface area (Å²) >= 11 is 0. The molecule has 5 atom stereocenters. The largest absolute Gasteiger partial charge is 0.504 e. The number of fused-ring (bicyclic) bond motifs is 1. The van der Waals surface area contributed by atoms with Crippen LogP contribution < -0.4 is 4.74 Å². The Morgan fingerprint density at radius 2 is 1.61 bits per heavy atom. The zero-order valence-corrected chi connectivity index (χ0v) is 12.1. The van der Waals surface area contributed by atoms with Crippen LogP contribution in [0.25, 0.3) is 10.8 Å². The lowest BCUT2D eigenvalue weighted by Gasteiger charge is -2.39. The minimum Gasteiger partial charge on any atom is -0.504 e. The summed E-state index contributed by atoms with van der Waals surface area (Å²) in [7, 11) is 0. The third-order valence-electron chi connectivity index (χ3n) is 3.92. The molecule has 7 nitrogen and oxygen atoms in total. The zero-order valence-electron chi connectivity index (χ0n) is 12.1. The first-order valence-corrected chi connectivity index (χ1v) is 7.20. The van der Waals surface area contributed by atoms with Gasteiger partial charge in [0.15, 0.2) is 11.5 Å². The summed E-state index contributed by atoms with van der Waals surface area (Å²) in [5.41, 5.74) is 0. The highest BCUT2D eigenvalue weighted by molar-refractivity contribution is 5.85. The number of phenols is 1. The molecule has 1 unspecified atom stereocenters. The summed E-state index contributed by atoms with van der Waals surface area (Å²) in [6.07, 6.45) is -6.93. The molecule has 0 amide bonds. The van der Waals surface area contributed by atoms with Gasteiger partial charge in [-0.15, -0.1) is 0 Å². The first-order valence-electron chi connectivity index (χ1n) is 7.20. The van der Waals surface area contributed by atoms with Crippen molar-refractivity contribution in [1.29, 1.82) is 0 Å². The Kier molecular flexibility index (Phi) is 4.38. The molecule has 124 valence electrons. The van der Waals surface area contributed by atoms with Gasteiger partial charge in [0.25, 0.3) is 0 Å². The molecule has 1 heterocycles. The minimum absolute atomic E-state index is 0.0630. The molecule has 2 aromatic rings. The molecule has 1 aliphatic rings. The fraction of sp³-hybridized carbons (Fsp3) is 0.375. The van der Waals surface area contributed by atoms with E-state index in [-0.39, 0.29) is 11.5 Å². The molecule has 1 saturated heterocycles. The summed E-state index contributed by atoms with van der Waals surface area (Å²) < 4.78 is 10.7. The Bertz CT molecular complexity index is 687. The van der Waals surface area contributed by atoms with Crippen LogP contribution in [0.4, 0.5) is 0 Å². The van der Waals surface area contributed by atoms with Crippen molar-refractivity contribution >= 4 is 10.8 Å². The lowest BCUT2D eigenvalue weighted by Crippen LogP contribution is -2.60. The van der Waals surface area contributed by atoms with Gasteiger partial charge < -0.3 is 35.0 Å². The third kappa shape index (κ3) is 2.97. The number of rotatable bonds is 3. The highest BCUT2D eigenvalue weighted by Gasteiger charge is 2.44. The smallest absolute Gasteiger partial charge is 0.229 e. The maximum atomic E-state index is 10.0. The van der Waals surface area contributed by atoms with E-state index in [1.807, 2.05) is 24.3 Å². The van der Waals surface area contributed by atoms with E-state index in [2.05, 4.69) is 0 Å². The molecule has 0 aromatic heterocycles. The lowest BCUT2D eigenvalue weighted by molar-refractivity contribution is -0.277. The van der Waals surface area contributed by atoms with Crippen molar-refractivity contribution in [2.45, 2.75) is 30.7 Å². The Morgan fingerprint density at radius 1 is 0.957 bits per heavy atom. The van der Waals surface area contributed by atoms with Gasteiger partial charge in [0.2, 0.25) is 6.29 Å². The van der Waals surface area contributed by atoms with E-state index in [1.165, 1.54) is 6.07 Å². The van der Waals surface area contributed by atoms with Crippen molar-refractivity contribution in [1.82, 2.24) is 0 Å². The average Bonchev–Trinajstić information content (AvgIpc) is 2.56. The summed E-state index contributed by atoms with van der Waals surface area (Å²) in [5.74, 6) is -0.0892. The quantitative estimate of drug-likeness (QED) is 0.527. The van der Waals surface area contributed by atoms with Crippen LogP contribution in [0.2, 0.25) is 0 Å². The molecule has 7 heteroatoms. The Labute approximate surface area is 131 Å². The van der Waals surface area contributed by atoms with Crippen LogP contribution in [0, 0.1) is 0 Å². The average molecular weight is 322 g/mol. The molecule has 0 radical (unpaired) electrons. The predicted molar refractivity (Wildman–Crippen MR) is 80.0 cm³/mol. The lowest BCUT2D eigenvalue weighted by atomic mass is 9.99. The molecule has 0 bridgehead atoms. The molecular weight excluding hydrogens is 304 g/mol. The molecule has 5 N–H and O–H groups in total. The molecule has 0 saturated carbocycles. The van der Waals surface area contributed by atoms with Gasteiger partial charge in [0.05, 0.1) is 6.61 Å². The number of benzene rings is 2. The number of hydrogen-bond donors (Lipinski definition) is 5. The van der Waals surface area contributed by atoms with Crippen molar-refractivity contribution in [2.24, 2.45) is 0 Å². The fourth-order valence-electron chi connectivity index (χ4n) is 2.59. The van der Waals surface area contributed by atoms with Gasteiger partial charge in [-0.05, 0) is 22.9 Å². The second-order valence-electron chi connectivity index (χ2n) is 5.48. The molecule has 1 aliphatic heterocycles. The normalized spacial score (nSPS) is 31.2. The molecule has 1 fully saturated rings. The molecular formula is C16H18O7. The van der Waals surface area contributed by atoms with E-state index < -0.39 is 37.3 Å². The third-order valence-corrected chi connectivity index (χ3v) is 3.92. The van der Waals surface area contributed by atoms with Crippen LogP contribution >= 0.6 is 0 Å². The van der Waals surface area contributed by atoms with Crippen molar-refractivity contribution in [3.63, 3.8) is 0 Å². The summed E-state index contributed by atoms with van der Waals surface area (Å²) in [5, 5.41) is 50.3. The number of hydrogen-bond acceptors (Lipinski definition) is 7. The number of ether oxygens (including phenoxy) is 2.